The van der Waals surface area contributed by atoms with Crippen molar-refractivity contribution in [3.8, 4) is 0 Å². The Morgan fingerprint density at radius 2 is 1.96 bits per heavy atom. The van der Waals surface area contributed by atoms with Crippen LogP contribution < -0.4 is 21.6 Å². The van der Waals surface area contributed by atoms with Crippen LogP contribution in [-0.4, -0.2) is 39.7 Å². The smallest absolute Gasteiger partial charge is 0.350 e. The Kier molecular flexibility index (Phi) is 5.01. The van der Waals surface area contributed by atoms with E-state index in [4.69, 9.17) is 5.73 Å². The number of piperidine rings is 1. The second kappa shape index (κ2) is 7.75. The van der Waals surface area contributed by atoms with Gasteiger partial charge in [0.1, 0.15) is 0 Å². The number of rotatable bonds is 6. The van der Waals surface area contributed by atoms with Crippen molar-refractivity contribution in [2.75, 3.05) is 29.9 Å². The highest BCUT2D eigenvalue weighted by Crippen LogP contribution is 2.25. The summed E-state index contributed by atoms with van der Waals surface area (Å²) in [6.45, 7) is 2.84. The predicted octanol–water partition coefficient (Wildman–Crippen LogP) is 1.70. The maximum absolute atomic E-state index is 12.3. The van der Waals surface area contributed by atoms with E-state index in [-0.39, 0.29) is 5.69 Å². The van der Waals surface area contributed by atoms with Gasteiger partial charge in [0.05, 0.1) is 12.1 Å². The van der Waals surface area contributed by atoms with Crippen LogP contribution >= 0.6 is 0 Å². The van der Waals surface area contributed by atoms with Gasteiger partial charge in [-0.15, -0.1) is 5.10 Å². The molecule has 0 unspecified atom stereocenters. The fourth-order valence-corrected chi connectivity index (χ4v) is 3.65. The van der Waals surface area contributed by atoms with Gasteiger partial charge in [-0.3, -0.25) is 9.20 Å². The first kappa shape index (κ1) is 18.1. The standard InChI is InChI=1S/C20H24N6O2/c21-19(27)16-14-15(24-10-3-1-4-11-24)7-8-17(16)22-9-13-26-20(28)25-12-5-2-6-18(25)23-26/h2,5-8,12,14,22H,1,3-4,9-11,13H2,(H2,21,27). The number of benzene rings is 1. The molecule has 0 radical (unpaired) electrons. The maximum Gasteiger partial charge on any atom is 0.350 e. The lowest BCUT2D eigenvalue weighted by Crippen LogP contribution is -2.30. The van der Waals surface area contributed by atoms with E-state index in [2.05, 4.69) is 15.3 Å². The zero-order valence-electron chi connectivity index (χ0n) is 15.7. The summed E-state index contributed by atoms with van der Waals surface area (Å²) < 4.78 is 2.91. The number of nitrogens with two attached hydrogens (primary N) is 1. The second-order valence-electron chi connectivity index (χ2n) is 7.00. The fraction of sp³-hybridized carbons (Fsp3) is 0.350. The van der Waals surface area contributed by atoms with E-state index in [0.29, 0.717) is 30.0 Å². The number of hydrogen-bond donors (Lipinski definition) is 2. The molecule has 8 nitrogen and oxygen atoms in total. The quantitative estimate of drug-likeness (QED) is 0.678. The Labute approximate surface area is 162 Å². The van der Waals surface area contributed by atoms with Crippen molar-refractivity contribution in [2.24, 2.45) is 5.73 Å². The summed E-state index contributed by atoms with van der Waals surface area (Å²) in [6, 6.07) is 11.2. The molecule has 1 saturated heterocycles. The molecule has 1 aliphatic heterocycles. The maximum atomic E-state index is 12.3. The summed E-state index contributed by atoms with van der Waals surface area (Å²) in [4.78, 5) is 26.6. The number of amides is 1. The zero-order valence-corrected chi connectivity index (χ0v) is 15.7. The molecule has 1 aromatic carbocycles. The number of fused-ring (bicyclic) bond motifs is 1. The van der Waals surface area contributed by atoms with Crippen molar-refractivity contribution < 1.29 is 4.79 Å². The molecule has 0 saturated carbocycles. The number of hydrogen-bond acceptors (Lipinski definition) is 5. The summed E-state index contributed by atoms with van der Waals surface area (Å²) >= 11 is 0. The largest absolute Gasteiger partial charge is 0.383 e. The number of carbonyl (C=O) groups excluding carboxylic acids is 1. The molecule has 0 bridgehead atoms. The van der Waals surface area contributed by atoms with E-state index in [9.17, 15) is 9.59 Å². The van der Waals surface area contributed by atoms with Gasteiger partial charge in [-0.05, 0) is 49.6 Å². The first-order chi connectivity index (χ1) is 13.6. The van der Waals surface area contributed by atoms with Gasteiger partial charge in [0, 0.05) is 37.2 Å². The molecule has 28 heavy (non-hydrogen) atoms. The second-order valence-corrected chi connectivity index (χ2v) is 7.00. The number of primary amides is 1. The van der Waals surface area contributed by atoms with Crippen LogP contribution in [0.25, 0.3) is 5.65 Å². The molecule has 0 spiro atoms. The summed E-state index contributed by atoms with van der Waals surface area (Å²) in [5.74, 6) is -0.466. The van der Waals surface area contributed by atoms with Crippen molar-refractivity contribution in [1.29, 1.82) is 0 Å². The molecule has 3 heterocycles. The van der Waals surface area contributed by atoms with E-state index in [1.807, 2.05) is 24.3 Å². The topological polar surface area (TPSA) is 97.7 Å². The predicted molar refractivity (Wildman–Crippen MR) is 109 cm³/mol. The lowest BCUT2D eigenvalue weighted by atomic mass is 10.1. The Hall–Kier alpha value is -3.29. The minimum Gasteiger partial charge on any atom is -0.383 e. The Morgan fingerprint density at radius 3 is 2.71 bits per heavy atom. The Bertz CT molecular complexity index is 1050. The zero-order chi connectivity index (χ0) is 19.5. The molecule has 1 aliphatic rings. The molecule has 0 aliphatic carbocycles. The fourth-order valence-electron chi connectivity index (χ4n) is 3.65. The number of anilines is 2. The highest BCUT2D eigenvalue weighted by molar-refractivity contribution is 5.99. The Morgan fingerprint density at radius 1 is 1.14 bits per heavy atom. The van der Waals surface area contributed by atoms with Crippen molar-refractivity contribution in [3.05, 3.63) is 58.6 Å². The normalized spacial score (nSPS) is 14.4. The molecule has 1 amide bonds. The van der Waals surface area contributed by atoms with Crippen LogP contribution in [0.3, 0.4) is 0 Å². The summed E-state index contributed by atoms with van der Waals surface area (Å²) in [5.41, 5.74) is 8.18. The molecule has 1 fully saturated rings. The minimum absolute atomic E-state index is 0.187. The van der Waals surface area contributed by atoms with Crippen molar-refractivity contribution in [1.82, 2.24) is 14.2 Å². The first-order valence-electron chi connectivity index (χ1n) is 9.60. The van der Waals surface area contributed by atoms with Crippen LogP contribution in [0, 0.1) is 0 Å². The van der Waals surface area contributed by atoms with E-state index < -0.39 is 5.91 Å². The highest BCUT2D eigenvalue weighted by Gasteiger charge is 2.15. The van der Waals surface area contributed by atoms with E-state index in [1.165, 1.54) is 28.3 Å². The van der Waals surface area contributed by atoms with Crippen LogP contribution in [0.5, 0.6) is 0 Å². The van der Waals surface area contributed by atoms with E-state index in [1.54, 1.807) is 18.3 Å². The molecule has 146 valence electrons. The van der Waals surface area contributed by atoms with Crippen LogP contribution in [0.2, 0.25) is 0 Å². The number of nitrogens with one attached hydrogen (secondary N) is 1. The van der Waals surface area contributed by atoms with E-state index >= 15 is 0 Å². The average molecular weight is 380 g/mol. The molecule has 0 atom stereocenters. The lowest BCUT2D eigenvalue weighted by molar-refractivity contribution is 0.100. The van der Waals surface area contributed by atoms with Gasteiger partial charge in [-0.2, -0.15) is 0 Å². The third-order valence-corrected chi connectivity index (χ3v) is 5.12. The van der Waals surface area contributed by atoms with Crippen molar-refractivity contribution in [3.63, 3.8) is 0 Å². The number of nitrogens with zero attached hydrogens (tertiary/aromatic N) is 4. The average Bonchev–Trinajstić information content (AvgIpc) is 3.05. The molecule has 4 rings (SSSR count). The Balaban J connectivity index is 1.48. The van der Waals surface area contributed by atoms with Gasteiger partial charge in [0.2, 0.25) is 0 Å². The van der Waals surface area contributed by atoms with Gasteiger partial charge >= 0.3 is 5.69 Å². The van der Waals surface area contributed by atoms with Gasteiger partial charge in [-0.25, -0.2) is 9.48 Å². The van der Waals surface area contributed by atoms with Gasteiger partial charge in [-0.1, -0.05) is 6.07 Å². The van der Waals surface area contributed by atoms with Gasteiger partial charge in [0.15, 0.2) is 5.65 Å². The van der Waals surface area contributed by atoms with Gasteiger partial charge in [0.25, 0.3) is 5.91 Å². The number of carbonyl (C=O) groups is 1. The highest BCUT2D eigenvalue weighted by atomic mass is 16.2. The SMILES string of the molecule is NC(=O)c1cc(N2CCCCC2)ccc1NCCn1nc2ccccn2c1=O. The lowest BCUT2D eigenvalue weighted by Gasteiger charge is -2.29. The summed E-state index contributed by atoms with van der Waals surface area (Å²) in [5, 5.41) is 7.52. The van der Waals surface area contributed by atoms with Crippen LogP contribution in [0.15, 0.2) is 47.4 Å². The van der Waals surface area contributed by atoms with Gasteiger partial charge < -0.3 is 16.0 Å². The third kappa shape index (κ3) is 3.58. The molecule has 2 aromatic heterocycles. The number of pyridine rings is 1. The monoisotopic (exact) mass is 380 g/mol. The molecular formula is C20H24N6O2. The van der Waals surface area contributed by atoms with Crippen LogP contribution in [-0.2, 0) is 6.54 Å². The van der Waals surface area contributed by atoms with Crippen molar-refractivity contribution in [2.45, 2.75) is 25.8 Å². The third-order valence-electron chi connectivity index (χ3n) is 5.12. The molecular weight excluding hydrogens is 356 g/mol. The molecule has 3 N–H and O–H groups in total. The van der Waals surface area contributed by atoms with E-state index in [0.717, 1.165) is 18.8 Å². The number of aromatic nitrogens is 3. The van der Waals surface area contributed by atoms with Crippen molar-refractivity contribution >= 4 is 22.9 Å². The molecule has 8 heteroatoms. The first-order valence-corrected chi connectivity index (χ1v) is 9.60. The summed E-state index contributed by atoms with van der Waals surface area (Å²) in [6.07, 6.45) is 5.28. The summed E-state index contributed by atoms with van der Waals surface area (Å²) in [7, 11) is 0. The molecule has 3 aromatic rings. The van der Waals surface area contributed by atoms with Crippen LogP contribution in [0.1, 0.15) is 29.6 Å². The van der Waals surface area contributed by atoms with Crippen LogP contribution in [0.4, 0.5) is 11.4 Å². The minimum atomic E-state index is -0.466.